The minimum absolute atomic E-state index is 0.0546. The van der Waals surface area contributed by atoms with Crippen LogP contribution in [0.25, 0.3) is 0 Å². The first-order chi connectivity index (χ1) is 8.22. The topological polar surface area (TPSA) is 68.1 Å². The average molecular weight is 230 g/mol. The molecule has 2 rings (SSSR count). The number of nitrogen functional groups attached to an aromatic ring is 1. The molecule has 0 aliphatic heterocycles. The molecule has 1 aromatic heterocycles. The van der Waals surface area contributed by atoms with E-state index in [1.807, 2.05) is 6.92 Å². The van der Waals surface area contributed by atoms with Crippen LogP contribution in [0.1, 0.15) is 22.8 Å². The summed E-state index contributed by atoms with van der Waals surface area (Å²) in [5, 5.41) is 0. The number of nitrogens with two attached hydrogens (primary N) is 1. The number of benzene rings is 1. The molecule has 3 N–H and O–H groups in total. The van der Waals surface area contributed by atoms with Gasteiger partial charge in [0, 0.05) is 23.5 Å². The maximum atomic E-state index is 12.0. The Bertz CT molecular complexity index is 518. The number of ether oxygens (including phenoxy) is 1. The molecule has 1 heterocycles. The molecule has 0 spiro atoms. The van der Waals surface area contributed by atoms with Crippen LogP contribution in [0.5, 0.6) is 5.75 Å². The van der Waals surface area contributed by atoms with Crippen LogP contribution < -0.4 is 10.5 Å². The number of H-pyrrole nitrogens is 1. The number of hydrogen-bond acceptors (Lipinski definition) is 3. The first-order valence-corrected chi connectivity index (χ1v) is 5.42. The number of hydrogen-bond donors (Lipinski definition) is 2. The SMILES string of the molecule is CCOc1ccc(C(=O)c2cc[nH]c2)cc1N. The first kappa shape index (κ1) is 11.3. The number of ketones is 1. The highest BCUT2D eigenvalue weighted by Gasteiger charge is 2.11. The van der Waals surface area contributed by atoms with E-state index in [1.165, 1.54) is 0 Å². The van der Waals surface area contributed by atoms with E-state index in [1.54, 1.807) is 36.7 Å². The fraction of sp³-hybridized carbons (Fsp3) is 0.154. The minimum atomic E-state index is -0.0546. The monoisotopic (exact) mass is 230 g/mol. The predicted octanol–water partition coefficient (Wildman–Crippen LogP) is 2.23. The van der Waals surface area contributed by atoms with Gasteiger partial charge in [-0.05, 0) is 31.2 Å². The molecular formula is C13H14N2O2. The van der Waals surface area contributed by atoms with Gasteiger partial charge in [-0.2, -0.15) is 0 Å². The largest absolute Gasteiger partial charge is 0.492 e. The highest BCUT2D eigenvalue weighted by molar-refractivity contribution is 6.09. The Morgan fingerprint density at radius 1 is 1.35 bits per heavy atom. The minimum Gasteiger partial charge on any atom is -0.492 e. The quantitative estimate of drug-likeness (QED) is 0.625. The second-order valence-corrected chi connectivity index (χ2v) is 3.61. The van der Waals surface area contributed by atoms with Gasteiger partial charge in [0.25, 0.3) is 0 Å². The van der Waals surface area contributed by atoms with Crippen molar-refractivity contribution in [2.45, 2.75) is 6.92 Å². The van der Waals surface area contributed by atoms with Crippen molar-refractivity contribution in [3.63, 3.8) is 0 Å². The summed E-state index contributed by atoms with van der Waals surface area (Å²) in [6.07, 6.45) is 3.38. The van der Waals surface area contributed by atoms with Crippen molar-refractivity contribution in [1.82, 2.24) is 4.98 Å². The van der Waals surface area contributed by atoms with Crippen molar-refractivity contribution >= 4 is 11.5 Å². The van der Waals surface area contributed by atoms with Gasteiger partial charge in [-0.3, -0.25) is 4.79 Å². The summed E-state index contributed by atoms with van der Waals surface area (Å²) in [7, 11) is 0. The van der Waals surface area contributed by atoms with E-state index in [9.17, 15) is 4.79 Å². The summed E-state index contributed by atoms with van der Waals surface area (Å²) in [4.78, 5) is 14.9. The Hall–Kier alpha value is -2.23. The van der Waals surface area contributed by atoms with E-state index >= 15 is 0 Å². The molecule has 0 aliphatic carbocycles. The number of carbonyl (C=O) groups is 1. The van der Waals surface area contributed by atoms with Crippen molar-refractivity contribution in [3.8, 4) is 5.75 Å². The van der Waals surface area contributed by atoms with E-state index in [-0.39, 0.29) is 5.78 Å². The Morgan fingerprint density at radius 3 is 2.76 bits per heavy atom. The molecule has 0 bridgehead atoms. The van der Waals surface area contributed by atoms with E-state index in [2.05, 4.69) is 4.98 Å². The molecule has 0 unspecified atom stereocenters. The number of rotatable bonds is 4. The zero-order valence-corrected chi connectivity index (χ0v) is 9.57. The second kappa shape index (κ2) is 4.74. The molecule has 4 nitrogen and oxygen atoms in total. The summed E-state index contributed by atoms with van der Waals surface area (Å²) in [6, 6.07) is 6.81. The second-order valence-electron chi connectivity index (χ2n) is 3.61. The van der Waals surface area contributed by atoms with E-state index < -0.39 is 0 Å². The lowest BCUT2D eigenvalue weighted by Crippen LogP contribution is -2.03. The lowest BCUT2D eigenvalue weighted by atomic mass is 10.1. The van der Waals surface area contributed by atoms with Crippen LogP contribution in [-0.4, -0.2) is 17.4 Å². The molecule has 1 aromatic carbocycles. The predicted molar refractivity (Wildman–Crippen MR) is 66.2 cm³/mol. The van der Waals surface area contributed by atoms with Gasteiger partial charge in [-0.15, -0.1) is 0 Å². The fourth-order valence-corrected chi connectivity index (χ4v) is 1.61. The molecule has 0 atom stereocenters. The van der Waals surface area contributed by atoms with Crippen LogP contribution in [0, 0.1) is 0 Å². The molecule has 0 saturated carbocycles. The Balaban J connectivity index is 2.29. The summed E-state index contributed by atoms with van der Waals surface area (Å²) < 4.78 is 5.32. The van der Waals surface area contributed by atoms with Gasteiger partial charge in [-0.1, -0.05) is 0 Å². The van der Waals surface area contributed by atoms with Crippen molar-refractivity contribution < 1.29 is 9.53 Å². The van der Waals surface area contributed by atoms with Gasteiger partial charge in [0.1, 0.15) is 5.75 Å². The standard InChI is InChI=1S/C13H14N2O2/c1-2-17-12-4-3-9(7-11(12)14)13(16)10-5-6-15-8-10/h3-8,15H,2,14H2,1H3. The Labute approximate surface area is 99.4 Å². The van der Waals surface area contributed by atoms with Gasteiger partial charge >= 0.3 is 0 Å². The number of carbonyl (C=O) groups excluding carboxylic acids is 1. The summed E-state index contributed by atoms with van der Waals surface area (Å²) in [5.74, 6) is 0.555. The molecule has 4 heteroatoms. The number of anilines is 1. The maximum Gasteiger partial charge on any atom is 0.194 e. The molecular weight excluding hydrogens is 216 g/mol. The lowest BCUT2D eigenvalue weighted by molar-refractivity contribution is 0.103. The number of aromatic amines is 1. The van der Waals surface area contributed by atoms with Crippen LogP contribution in [0.2, 0.25) is 0 Å². The Morgan fingerprint density at radius 2 is 2.18 bits per heavy atom. The van der Waals surface area contributed by atoms with Crippen molar-refractivity contribution in [2.75, 3.05) is 12.3 Å². The van der Waals surface area contributed by atoms with Gasteiger partial charge in [0.2, 0.25) is 0 Å². The average Bonchev–Trinajstić information content (AvgIpc) is 2.84. The van der Waals surface area contributed by atoms with E-state index in [4.69, 9.17) is 10.5 Å². The van der Waals surface area contributed by atoms with Crippen molar-refractivity contribution in [2.24, 2.45) is 0 Å². The van der Waals surface area contributed by atoms with Crippen molar-refractivity contribution in [3.05, 3.63) is 47.8 Å². The fourth-order valence-electron chi connectivity index (χ4n) is 1.61. The molecule has 88 valence electrons. The third kappa shape index (κ3) is 2.30. The third-order valence-corrected chi connectivity index (χ3v) is 2.43. The summed E-state index contributed by atoms with van der Waals surface area (Å²) in [6.45, 7) is 2.44. The van der Waals surface area contributed by atoms with Crippen LogP contribution in [0.15, 0.2) is 36.7 Å². The smallest absolute Gasteiger partial charge is 0.194 e. The summed E-state index contributed by atoms with van der Waals surface area (Å²) >= 11 is 0. The van der Waals surface area contributed by atoms with Gasteiger partial charge in [0.15, 0.2) is 5.78 Å². The van der Waals surface area contributed by atoms with Crippen LogP contribution in [0.4, 0.5) is 5.69 Å². The van der Waals surface area contributed by atoms with Crippen molar-refractivity contribution in [1.29, 1.82) is 0 Å². The normalized spacial score (nSPS) is 10.2. The lowest BCUT2D eigenvalue weighted by Gasteiger charge is -2.07. The Kier molecular flexibility index (Phi) is 3.14. The molecule has 0 amide bonds. The molecule has 0 saturated heterocycles. The van der Waals surface area contributed by atoms with E-state index in [0.717, 1.165) is 0 Å². The number of aromatic nitrogens is 1. The van der Waals surface area contributed by atoms with E-state index in [0.29, 0.717) is 29.2 Å². The van der Waals surface area contributed by atoms with Crippen LogP contribution >= 0.6 is 0 Å². The molecule has 0 aliphatic rings. The van der Waals surface area contributed by atoms with Gasteiger partial charge < -0.3 is 15.5 Å². The third-order valence-electron chi connectivity index (χ3n) is 2.43. The maximum absolute atomic E-state index is 12.0. The van der Waals surface area contributed by atoms with Gasteiger partial charge in [-0.25, -0.2) is 0 Å². The zero-order valence-electron chi connectivity index (χ0n) is 9.57. The summed E-state index contributed by atoms with van der Waals surface area (Å²) in [5.41, 5.74) is 7.47. The highest BCUT2D eigenvalue weighted by atomic mass is 16.5. The molecule has 2 aromatic rings. The molecule has 0 fully saturated rings. The molecule has 17 heavy (non-hydrogen) atoms. The number of nitrogens with one attached hydrogen (secondary N) is 1. The van der Waals surface area contributed by atoms with Crippen LogP contribution in [-0.2, 0) is 0 Å². The highest BCUT2D eigenvalue weighted by Crippen LogP contribution is 2.23. The van der Waals surface area contributed by atoms with Gasteiger partial charge in [0.05, 0.1) is 12.3 Å². The molecule has 0 radical (unpaired) electrons. The zero-order chi connectivity index (χ0) is 12.3. The van der Waals surface area contributed by atoms with Crippen LogP contribution in [0.3, 0.4) is 0 Å². The first-order valence-electron chi connectivity index (χ1n) is 5.42.